The molecule has 1 saturated heterocycles. The summed E-state index contributed by atoms with van der Waals surface area (Å²) in [4.78, 5) is 24.5. The van der Waals surface area contributed by atoms with Crippen LogP contribution in [0.25, 0.3) is 0 Å². The minimum absolute atomic E-state index is 0.173. The molecule has 2 amide bonds. The molecule has 0 radical (unpaired) electrons. The molecule has 0 aliphatic carbocycles. The molecule has 2 aromatic rings. The number of benzene rings is 2. The lowest BCUT2D eigenvalue weighted by Gasteiger charge is -2.20. The number of sulfonamides is 1. The second-order valence-electron chi connectivity index (χ2n) is 7.78. The number of aryl methyl sites for hydroxylation is 2. The molecule has 0 spiro atoms. The largest absolute Gasteiger partial charge is 0.273 e. The summed E-state index contributed by atoms with van der Waals surface area (Å²) in [5.41, 5.74) is 7.03. The van der Waals surface area contributed by atoms with Crippen LogP contribution in [0.1, 0.15) is 53.6 Å². The number of hydrazine groups is 1. The summed E-state index contributed by atoms with van der Waals surface area (Å²) >= 11 is 0. The predicted molar refractivity (Wildman–Crippen MR) is 119 cm³/mol. The van der Waals surface area contributed by atoms with Crippen molar-refractivity contribution in [3.8, 4) is 0 Å². The van der Waals surface area contributed by atoms with Crippen molar-refractivity contribution in [3.05, 3.63) is 65.2 Å². The minimum atomic E-state index is -3.47. The average Bonchev–Trinajstić information content (AvgIpc) is 3.07. The third-order valence-electron chi connectivity index (χ3n) is 5.47. The summed E-state index contributed by atoms with van der Waals surface area (Å²) in [5.74, 6) is -0.683. The number of rotatable bonds is 6. The molecule has 1 aliphatic rings. The highest BCUT2D eigenvalue weighted by atomic mass is 32.2. The third-order valence-corrected chi connectivity index (χ3v) is 7.38. The smallest absolute Gasteiger partial charge is 0.269 e. The number of carbonyl (C=O) groups is 2. The summed E-state index contributed by atoms with van der Waals surface area (Å²) in [6, 6.07) is 13.8. The summed E-state index contributed by atoms with van der Waals surface area (Å²) in [6.07, 6.45) is 4.54. The van der Waals surface area contributed by atoms with Gasteiger partial charge in [-0.2, -0.15) is 4.31 Å². The lowest BCUT2D eigenvalue weighted by atomic mass is 10.1. The van der Waals surface area contributed by atoms with E-state index < -0.39 is 10.0 Å². The molecule has 1 heterocycles. The van der Waals surface area contributed by atoms with Crippen molar-refractivity contribution in [2.45, 2.75) is 50.3 Å². The van der Waals surface area contributed by atoms with E-state index in [9.17, 15) is 18.0 Å². The third kappa shape index (κ3) is 6.15. The van der Waals surface area contributed by atoms with E-state index in [2.05, 4.69) is 10.9 Å². The molecule has 0 unspecified atom stereocenters. The molecule has 7 nitrogen and oxygen atoms in total. The van der Waals surface area contributed by atoms with E-state index in [4.69, 9.17) is 0 Å². The standard InChI is InChI=1S/C23H29N3O4S/c1-18-8-4-5-9-21(18)23(28)25-24-22(27)15-12-19-10-13-20(14-11-19)31(29,30)26-16-6-2-3-7-17-26/h4-5,8-11,13-14H,2-3,6-7,12,15-17H2,1H3,(H,24,27)(H,25,28). The van der Waals surface area contributed by atoms with Gasteiger partial charge >= 0.3 is 0 Å². The summed E-state index contributed by atoms with van der Waals surface area (Å²) < 4.78 is 27.2. The van der Waals surface area contributed by atoms with Gasteiger partial charge < -0.3 is 0 Å². The lowest BCUT2D eigenvalue weighted by Crippen LogP contribution is -2.41. The fourth-order valence-corrected chi connectivity index (χ4v) is 5.12. The molecule has 0 aromatic heterocycles. The molecule has 0 bridgehead atoms. The van der Waals surface area contributed by atoms with Gasteiger partial charge in [-0.1, -0.05) is 43.2 Å². The lowest BCUT2D eigenvalue weighted by molar-refractivity contribution is -0.121. The van der Waals surface area contributed by atoms with Crippen LogP contribution in [0, 0.1) is 6.92 Å². The van der Waals surface area contributed by atoms with Crippen LogP contribution >= 0.6 is 0 Å². The van der Waals surface area contributed by atoms with Crippen LogP contribution in [-0.2, 0) is 21.2 Å². The molecule has 1 aliphatic heterocycles. The van der Waals surface area contributed by atoms with Crippen molar-refractivity contribution in [1.29, 1.82) is 0 Å². The predicted octanol–water partition coefficient (Wildman–Crippen LogP) is 2.95. The Hall–Kier alpha value is -2.71. The molecule has 2 aromatic carbocycles. The van der Waals surface area contributed by atoms with E-state index in [1.54, 1.807) is 40.7 Å². The van der Waals surface area contributed by atoms with E-state index in [-0.39, 0.29) is 23.1 Å². The highest BCUT2D eigenvalue weighted by molar-refractivity contribution is 7.89. The summed E-state index contributed by atoms with van der Waals surface area (Å²) in [6.45, 7) is 2.96. The summed E-state index contributed by atoms with van der Waals surface area (Å²) in [7, 11) is -3.47. The Labute approximate surface area is 183 Å². The zero-order valence-electron chi connectivity index (χ0n) is 17.8. The Kier molecular flexibility index (Phi) is 7.81. The van der Waals surface area contributed by atoms with Crippen LogP contribution in [0.3, 0.4) is 0 Å². The number of hydrogen-bond donors (Lipinski definition) is 2. The maximum absolute atomic E-state index is 12.8. The topological polar surface area (TPSA) is 95.6 Å². The van der Waals surface area contributed by atoms with Crippen LogP contribution in [0.2, 0.25) is 0 Å². The van der Waals surface area contributed by atoms with Crippen LogP contribution in [-0.4, -0.2) is 37.6 Å². The average molecular weight is 444 g/mol. The molecule has 0 saturated carbocycles. The van der Waals surface area contributed by atoms with Crippen LogP contribution in [0.5, 0.6) is 0 Å². The van der Waals surface area contributed by atoms with Gasteiger partial charge in [-0.25, -0.2) is 8.42 Å². The van der Waals surface area contributed by atoms with E-state index in [0.717, 1.165) is 36.8 Å². The van der Waals surface area contributed by atoms with Gasteiger partial charge in [0, 0.05) is 25.1 Å². The van der Waals surface area contributed by atoms with Crippen molar-refractivity contribution >= 4 is 21.8 Å². The maximum atomic E-state index is 12.8. The molecular formula is C23H29N3O4S. The fourth-order valence-electron chi connectivity index (χ4n) is 3.60. The molecule has 1 fully saturated rings. The van der Waals surface area contributed by atoms with Crippen molar-refractivity contribution in [1.82, 2.24) is 15.2 Å². The molecule has 2 N–H and O–H groups in total. The molecule has 8 heteroatoms. The maximum Gasteiger partial charge on any atom is 0.269 e. The zero-order valence-corrected chi connectivity index (χ0v) is 18.6. The van der Waals surface area contributed by atoms with E-state index in [1.807, 2.05) is 19.1 Å². The van der Waals surface area contributed by atoms with Crippen molar-refractivity contribution < 1.29 is 18.0 Å². The Morgan fingerprint density at radius 1 is 0.903 bits per heavy atom. The van der Waals surface area contributed by atoms with Gasteiger partial charge in [0.25, 0.3) is 5.91 Å². The highest BCUT2D eigenvalue weighted by Crippen LogP contribution is 2.21. The quantitative estimate of drug-likeness (QED) is 0.671. The summed E-state index contributed by atoms with van der Waals surface area (Å²) in [5, 5.41) is 0. The van der Waals surface area contributed by atoms with Crippen molar-refractivity contribution in [2.75, 3.05) is 13.1 Å². The highest BCUT2D eigenvalue weighted by Gasteiger charge is 2.24. The first-order chi connectivity index (χ1) is 14.9. The Bertz CT molecular complexity index is 1010. The van der Waals surface area contributed by atoms with E-state index in [1.165, 1.54) is 0 Å². The molecule has 166 valence electrons. The zero-order chi connectivity index (χ0) is 22.3. The molecule has 31 heavy (non-hydrogen) atoms. The van der Waals surface area contributed by atoms with Crippen LogP contribution in [0.4, 0.5) is 0 Å². The molecule has 3 rings (SSSR count). The first kappa shape index (κ1) is 23.0. The minimum Gasteiger partial charge on any atom is -0.273 e. The normalized spacial score (nSPS) is 15.1. The van der Waals surface area contributed by atoms with Gasteiger partial charge in [0.15, 0.2) is 0 Å². The van der Waals surface area contributed by atoms with Crippen molar-refractivity contribution in [3.63, 3.8) is 0 Å². The van der Waals surface area contributed by atoms with Crippen molar-refractivity contribution in [2.24, 2.45) is 0 Å². The number of carbonyl (C=O) groups excluding carboxylic acids is 2. The number of hydrogen-bond acceptors (Lipinski definition) is 4. The van der Waals surface area contributed by atoms with Gasteiger partial charge in [-0.15, -0.1) is 0 Å². The molecule has 0 atom stereocenters. The van der Waals surface area contributed by atoms with Crippen LogP contribution < -0.4 is 10.9 Å². The molecular weight excluding hydrogens is 414 g/mol. The number of nitrogens with one attached hydrogen (secondary N) is 2. The van der Waals surface area contributed by atoms with Gasteiger partial charge in [0.1, 0.15) is 0 Å². The Morgan fingerprint density at radius 3 is 2.19 bits per heavy atom. The second-order valence-corrected chi connectivity index (χ2v) is 9.72. The SMILES string of the molecule is Cc1ccccc1C(=O)NNC(=O)CCc1ccc(S(=O)(=O)N2CCCCCC2)cc1. The van der Waals surface area contributed by atoms with Gasteiger partial charge in [-0.3, -0.25) is 20.4 Å². The van der Waals surface area contributed by atoms with Gasteiger partial charge in [0.2, 0.25) is 15.9 Å². The first-order valence-electron chi connectivity index (χ1n) is 10.6. The van der Waals surface area contributed by atoms with E-state index in [0.29, 0.717) is 25.1 Å². The van der Waals surface area contributed by atoms with Gasteiger partial charge in [0.05, 0.1) is 4.90 Å². The number of nitrogens with zero attached hydrogens (tertiary/aromatic N) is 1. The first-order valence-corrected chi connectivity index (χ1v) is 12.1. The Balaban J connectivity index is 1.50. The second kappa shape index (κ2) is 10.5. The Morgan fingerprint density at radius 2 is 1.55 bits per heavy atom. The van der Waals surface area contributed by atoms with Crippen LogP contribution in [0.15, 0.2) is 53.4 Å². The fraction of sp³-hybridized carbons (Fsp3) is 0.391. The number of amides is 2. The van der Waals surface area contributed by atoms with Gasteiger partial charge in [-0.05, 0) is 55.5 Å². The monoisotopic (exact) mass is 443 g/mol. The van der Waals surface area contributed by atoms with E-state index >= 15 is 0 Å².